The van der Waals surface area contributed by atoms with E-state index in [1.54, 1.807) is 0 Å². The SMILES string of the molecule is CC1(C)c2ccccc2-c2c(N(c3ccccc3-c3cccc4oc5ccccc5c34)c3cccc4oc5ccccc5c34)cccc21. The van der Waals surface area contributed by atoms with Crippen molar-refractivity contribution in [2.45, 2.75) is 19.3 Å². The maximum absolute atomic E-state index is 6.47. The van der Waals surface area contributed by atoms with Crippen LogP contribution in [-0.4, -0.2) is 0 Å². The molecule has 0 radical (unpaired) electrons. The molecule has 1 aliphatic rings. The van der Waals surface area contributed by atoms with E-state index in [-0.39, 0.29) is 5.41 Å². The minimum absolute atomic E-state index is 0.136. The van der Waals surface area contributed by atoms with Crippen LogP contribution in [-0.2, 0) is 5.41 Å². The van der Waals surface area contributed by atoms with Crippen molar-refractivity contribution >= 4 is 60.9 Å². The summed E-state index contributed by atoms with van der Waals surface area (Å²) in [6.45, 7) is 4.68. The third kappa shape index (κ3) is 3.70. The van der Waals surface area contributed by atoms with Crippen LogP contribution in [0.25, 0.3) is 66.1 Å². The Kier molecular flexibility index (Phi) is 5.63. The van der Waals surface area contributed by atoms with Gasteiger partial charge < -0.3 is 13.7 Å². The summed E-state index contributed by atoms with van der Waals surface area (Å²) in [7, 11) is 0. The van der Waals surface area contributed by atoms with Gasteiger partial charge in [-0.25, -0.2) is 0 Å². The molecule has 7 aromatic carbocycles. The average molecular weight is 618 g/mol. The minimum Gasteiger partial charge on any atom is -0.456 e. The molecule has 9 aromatic rings. The van der Waals surface area contributed by atoms with Gasteiger partial charge in [0.1, 0.15) is 22.3 Å². The summed E-state index contributed by atoms with van der Waals surface area (Å²) in [4.78, 5) is 2.47. The largest absolute Gasteiger partial charge is 0.456 e. The third-order valence-corrected chi connectivity index (χ3v) is 10.3. The summed E-state index contributed by atoms with van der Waals surface area (Å²) in [6, 6.07) is 54.0. The Balaban J connectivity index is 1.34. The second-order valence-electron chi connectivity index (χ2n) is 13.2. The Hall–Kier alpha value is -6.06. The van der Waals surface area contributed by atoms with Crippen LogP contribution >= 0.6 is 0 Å². The van der Waals surface area contributed by atoms with Crippen LogP contribution in [0.15, 0.2) is 160 Å². The first-order valence-electron chi connectivity index (χ1n) is 16.5. The smallest absolute Gasteiger partial charge is 0.137 e. The fourth-order valence-corrected chi connectivity index (χ4v) is 8.15. The van der Waals surface area contributed by atoms with Gasteiger partial charge in [-0.1, -0.05) is 123 Å². The number of furan rings is 2. The van der Waals surface area contributed by atoms with E-state index in [0.29, 0.717) is 0 Å². The number of hydrogen-bond acceptors (Lipinski definition) is 3. The number of rotatable bonds is 4. The van der Waals surface area contributed by atoms with Crippen molar-refractivity contribution < 1.29 is 8.83 Å². The highest BCUT2D eigenvalue weighted by molar-refractivity contribution is 6.17. The molecule has 0 unspecified atom stereocenters. The first-order chi connectivity index (χ1) is 23.6. The Bertz CT molecular complexity index is 2730. The van der Waals surface area contributed by atoms with E-state index in [0.717, 1.165) is 72.1 Å². The molecule has 1 aliphatic carbocycles. The lowest BCUT2D eigenvalue weighted by Gasteiger charge is -2.31. The molecule has 0 saturated carbocycles. The van der Waals surface area contributed by atoms with Crippen molar-refractivity contribution in [1.82, 2.24) is 0 Å². The van der Waals surface area contributed by atoms with Gasteiger partial charge in [0.25, 0.3) is 0 Å². The summed E-state index contributed by atoms with van der Waals surface area (Å²) in [6.07, 6.45) is 0. The summed E-state index contributed by atoms with van der Waals surface area (Å²) in [5.41, 5.74) is 14.2. The molecule has 48 heavy (non-hydrogen) atoms. The molecule has 3 heteroatoms. The maximum atomic E-state index is 6.47. The molecule has 2 aromatic heterocycles. The molecule has 0 atom stereocenters. The van der Waals surface area contributed by atoms with Crippen molar-refractivity contribution in [1.29, 1.82) is 0 Å². The first kappa shape index (κ1) is 27.1. The van der Waals surface area contributed by atoms with E-state index in [2.05, 4.69) is 158 Å². The molecule has 2 heterocycles. The number of anilines is 3. The van der Waals surface area contributed by atoms with E-state index in [1.807, 2.05) is 12.1 Å². The second-order valence-corrected chi connectivity index (χ2v) is 13.2. The number of nitrogens with zero attached hydrogens (tertiary/aromatic N) is 1. The Morgan fingerprint density at radius 2 is 0.896 bits per heavy atom. The van der Waals surface area contributed by atoms with Crippen molar-refractivity contribution in [2.24, 2.45) is 0 Å². The number of fused-ring (bicyclic) bond motifs is 9. The Morgan fingerprint density at radius 3 is 1.69 bits per heavy atom. The number of hydrogen-bond donors (Lipinski definition) is 0. The highest BCUT2D eigenvalue weighted by atomic mass is 16.3. The standard InChI is InChI=1S/C45H31NO2/c1-45(2)33-19-7-3-15-30(33)43-34(45)20-12-22-36(43)46(37-23-13-27-41-44(37)32-17-6-10-25-39(32)48-41)35-21-8-4-14-28(35)29-18-11-26-40-42(29)31-16-5-9-24-38(31)47-40/h3-27H,1-2H3. The van der Waals surface area contributed by atoms with E-state index >= 15 is 0 Å². The third-order valence-electron chi connectivity index (χ3n) is 10.3. The van der Waals surface area contributed by atoms with Gasteiger partial charge in [0.2, 0.25) is 0 Å². The van der Waals surface area contributed by atoms with Gasteiger partial charge in [0, 0.05) is 32.7 Å². The van der Waals surface area contributed by atoms with Crippen molar-refractivity contribution in [3.63, 3.8) is 0 Å². The lowest BCUT2D eigenvalue weighted by atomic mass is 9.82. The van der Waals surface area contributed by atoms with E-state index in [4.69, 9.17) is 8.83 Å². The van der Waals surface area contributed by atoms with E-state index in [1.165, 1.54) is 22.3 Å². The highest BCUT2D eigenvalue weighted by Gasteiger charge is 2.38. The van der Waals surface area contributed by atoms with Gasteiger partial charge >= 0.3 is 0 Å². The quantitative estimate of drug-likeness (QED) is 0.197. The molecule has 0 aliphatic heterocycles. The maximum Gasteiger partial charge on any atom is 0.137 e. The predicted octanol–water partition coefficient (Wildman–Crippen LogP) is 12.9. The van der Waals surface area contributed by atoms with E-state index < -0.39 is 0 Å². The molecule has 0 bridgehead atoms. The van der Waals surface area contributed by atoms with Gasteiger partial charge in [-0.3, -0.25) is 0 Å². The lowest BCUT2D eigenvalue weighted by molar-refractivity contribution is 0.660. The van der Waals surface area contributed by atoms with Gasteiger partial charge in [0.15, 0.2) is 0 Å². The molecule has 0 spiro atoms. The average Bonchev–Trinajstić information content (AvgIpc) is 3.77. The zero-order valence-electron chi connectivity index (χ0n) is 26.7. The van der Waals surface area contributed by atoms with Crippen molar-refractivity contribution in [2.75, 3.05) is 4.90 Å². The Morgan fingerprint density at radius 1 is 0.396 bits per heavy atom. The summed E-state index contributed by atoms with van der Waals surface area (Å²) in [5, 5.41) is 4.43. The molecular formula is C45H31NO2. The lowest BCUT2D eigenvalue weighted by Crippen LogP contribution is -2.16. The Labute approximate surface area is 278 Å². The fraction of sp³-hybridized carbons (Fsp3) is 0.0667. The monoisotopic (exact) mass is 617 g/mol. The van der Waals surface area contributed by atoms with Crippen LogP contribution in [0.1, 0.15) is 25.0 Å². The molecule has 228 valence electrons. The number of para-hydroxylation sites is 3. The van der Waals surface area contributed by atoms with Gasteiger partial charge in [-0.2, -0.15) is 0 Å². The van der Waals surface area contributed by atoms with Gasteiger partial charge in [0.05, 0.1) is 22.4 Å². The van der Waals surface area contributed by atoms with Crippen LogP contribution in [0.5, 0.6) is 0 Å². The summed E-state index contributed by atoms with van der Waals surface area (Å²) < 4.78 is 12.8. The zero-order valence-corrected chi connectivity index (χ0v) is 26.7. The molecule has 10 rings (SSSR count). The minimum atomic E-state index is -0.136. The van der Waals surface area contributed by atoms with Crippen molar-refractivity contribution in [3.05, 3.63) is 163 Å². The molecule has 0 N–H and O–H groups in total. The normalized spacial score (nSPS) is 13.4. The number of benzene rings is 7. The highest BCUT2D eigenvalue weighted by Crippen LogP contribution is 2.56. The fourth-order valence-electron chi connectivity index (χ4n) is 8.15. The predicted molar refractivity (Wildman–Crippen MR) is 199 cm³/mol. The first-order valence-corrected chi connectivity index (χ1v) is 16.5. The van der Waals surface area contributed by atoms with E-state index in [9.17, 15) is 0 Å². The molecule has 0 fully saturated rings. The summed E-state index contributed by atoms with van der Waals surface area (Å²) >= 11 is 0. The summed E-state index contributed by atoms with van der Waals surface area (Å²) in [5.74, 6) is 0. The van der Waals surface area contributed by atoms with Gasteiger partial charge in [-0.15, -0.1) is 0 Å². The van der Waals surface area contributed by atoms with Crippen LogP contribution in [0.2, 0.25) is 0 Å². The zero-order chi connectivity index (χ0) is 32.0. The second kappa shape index (κ2) is 9.97. The van der Waals surface area contributed by atoms with Crippen molar-refractivity contribution in [3.8, 4) is 22.3 Å². The molecule has 0 saturated heterocycles. The molecule has 0 amide bonds. The topological polar surface area (TPSA) is 29.5 Å². The van der Waals surface area contributed by atoms with Crippen LogP contribution < -0.4 is 4.90 Å². The molecular weight excluding hydrogens is 587 g/mol. The molecule has 3 nitrogen and oxygen atoms in total. The van der Waals surface area contributed by atoms with Crippen LogP contribution in [0, 0.1) is 0 Å². The van der Waals surface area contributed by atoms with Crippen LogP contribution in [0.4, 0.5) is 17.1 Å². The van der Waals surface area contributed by atoms with Crippen LogP contribution in [0.3, 0.4) is 0 Å². The van der Waals surface area contributed by atoms with Gasteiger partial charge in [-0.05, 0) is 64.7 Å².